The molecule has 0 saturated heterocycles. The third-order valence-corrected chi connectivity index (χ3v) is 13.2. The molecule has 9 aromatic rings. The maximum absolute atomic E-state index is 2.53. The van der Waals surface area contributed by atoms with Crippen molar-refractivity contribution in [2.75, 3.05) is 4.90 Å². The van der Waals surface area contributed by atoms with E-state index in [2.05, 4.69) is 229 Å². The van der Waals surface area contributed by atoms with Crippen LogP contribution in [0.5, 0.6) is 0 Å². The Morgan fingerprint density at radius 2 is 0.817 bits per heavy atom. The van der Waals surface area contributed by atoms with Crippen molar-refractivity contribution >= 4 is 33.4 Å². The molecular weight excluding hydrogens is 723 g/mol. The molecule has 0 amide bonds. The zero-order valence-electron chi connectivity index (χ0n) is 33.2. The van der Waals surface area contributed by atoms with Gasteiger partial charge in [-0.05, 0) is 156 Å². The van der Waals surface area contributed by atoms with Crippen LogP contribution in [0.15, 0.2) is 230 Å². The minimum atomic E-state index is -0.440. The molecule has 3 aliphatic carbocycles. The quantitative estimate of drug-likeness (QED) is 0.163. The fourth-order valence-electron chi connectivity index (χ4n) is 10.4. The van der Waals surface area contributed by atoms with E-state index in [0.29, 0.717) is 0 Å². The Hall–Kier alpha value is -7.48. The summed E-state index contributed by atoms with van der Waals surface area (Å²) in [6.07, 6.45) is 6.83. The first-order valence-corrected chi connectivity index (χ1v) is 21.1. The van der Waals surface area contributed by atoms with Gasteiger partial charge in [-0.3, -0.25) is 0 Å². The lowest BCUT2D eigenvalue weighted by molar-refractivity contribution is 0.715. The lowest BCUT2D eigenvalue weighted by Gasteiger charge is -2.35. The van der Waals surface area contributed by atoms with E-state index in [1.807, 2.05) is 0 Å². The molecule has 1 nitrogen and oxygen atoms in total. The third-order valence-electron chi connectivity index (χ3n) is 13.2. The Balaban J connectivity index is 1.10. The van der Waals surface area contributed by atoms with Gasteiger partial charge in [0.05, 0.1) is 5.41 Å². The molecule has 1 atom stereocenters. The SMILES string of the molecule is C1=CC2=C(CC1)C1(c3cc(-c4ccccc4)ccc32)c2cc(N(c3ccc(-c4ccccc4)cc3)c3ccc(-c4ccccc4)cc3)ccc2-c2cc3ccccc3cc21. The Labute approximate surface area is 351 Å². The minimum absolute atomic E-state index is 0.440. The number of nitrogens with zero attached hydrogens (tertiary/aromatic N) is 1. The van der Waals surface area contributed by atoms with Crippen molar-refractivity contribution in [2.24, 2.45) is 0 Å². The van der Waals surface area contributed by atoms with Crippen molar-refractivity contribution in [1.29, 1.82) is 0 Å². The molecule has 282 valence electrons. The topological polar surface area (TPSA) is 3.24 Å². The Kier molecular flexibility index (Phi) is 7.96. The standard InChI is InChI=1S/C59H41N/c1-4-14-40(15-5-1)43-24-29-48(30-25-43)60(49-31-26-44(27-32-49)41-16-6-2-7-17-41)50-33-35-53-54-36-45-20-10-11-21-46(45)37-57(54)59(58(53)39-50)55-23-13-12-22-51(55)52-34-28-47(38-56(52)59)42-18-8-3-9-19-42/h1-12,14-22,24-39H,13,23H2. The molecular formula is C59H41N. The number of fused-ring (bicyclic) bond motifs is 10. The smallest absolute Gasteiger partial charge is 0.0689 e. The Morgan fingerprint density at radius 3 is 1.43 bits per heavy atom. The first-order chi connectivity index (χ1) is 29.7. The normalized spacial score (nSPS) is 15.8. The molecule has 12 rings (SSSR count). The van der Waals surface area contributed by atoms with E-state index in [0.717, 1.165) is 29.9 Å². The zero-order valence-corrected chi connectivity index (χ0v) is 33.2. The molecule has 3 aliphatic rings. The van der Waals surface area contributed by atoms with Crippen LogP contribution in [0.1, 0.15) is 35.1 Å². The summed E-state index contributed by atoms with van der Waals surface area (Å²) >= 11 is 0. The fraction of sp³-hybridized carbons (Fsp3) is 0.0508. The van der Waals surface area contributed by atoms with E-state index in [9.17, 15) is 0 Å². The molecule has 0 radical (unpaired) electrons. The van der Waals surface area contributed by atoms with Gasteiger partial charge in [0, 0.05) is 17.1 Å². The highest BCUT2D eigenvalue weighted by molar-refractivity contribution is 6.02. The van der Waals surface area contributed by atoms with Crippen LogP contribution in [0.25, 0.3) is 60.9 Å². The third kappa shape index (κ3) is 5.33. The van der Waals surface area contributed by atoms with E-state index in [4.69, 9.17) is 0 Å². The van der Waals surface area contributed by atoms with Gasteiger partial charge in [0.25, 0.3) is 0 Å². The average molecular weight is 764 g/mol. The van der Waals surface area contributed by atoms with E-state index < -0.39 is 5.41 Å². The van der Waals surface area contributed by atoms with E-state index in [1.165, 1.54) is 88.7 Å². The van der Waals surface area contributed by atoms with Crippen molar-refractivity contribution in [2.45, 2.75) is 18.3 Å². The molecule has 0 aliphatic heterocycles. The van der Waals surface area contributed by atoms with Crippen LogP contribution in [0, 0.1) is 0 Å². The Morgan fingerprint density at radius 1 is 0.350 bits per heavy atom. The highest BCUT2D eigenvalue weighted by Crippen LogP contribution is 2.65. The molecule has 1 unspecified atom stereocenters. The van der Waals surface area contributed by atoms with E-state index in [-0.39, 0.29) is 0 Å². The monoisotopic (exact) mass is 763 g/mol. The number of allylic oxidation sites excluding steroid dienone is 4. The number of anilines is 3. The average Bonchev–Trinajstić information content (AvgIpc) is 3.78. The van der Waals surface area contributed by atoms with Gasteiger partial charge in [0.1, 0.15) is 0 Å². The summed E-state index contributed by atoms with van der Waals surface area (Å²) in [6, 6.07) is 78.7. The van der Waals surface area contributed by atoms with Crippen LogP contribution >= 0.6 is 0 Å². The highest BCUT2D eigenvalue weighted by atomic mass is 15.1. The van der Waals surface area contributed by atoms with Crippen LogP contribution in [0.3, 0.4) is 0 Å². The van der Waals surface area contributed by atoms with Gasteiger partial charge in [0.15, 0.2) is 0 Å². The number of benzene rings is 9. The summed E-state index contributed by atoms with van der Waals surface area (Å²) in [7, 11) is 0. The summed E-state index contributed by atoms with van der Waals surface area (Å²) in [5.41, 5.74) is 21.3. The molecule has 0 heterocycles. The van der Waals surface area contributed by atoms with E-state index >= 15 is 0 Å². The maximum Gasteiger partial charge on any atom is 0.0689 e. The van der Waals surface area contributed by atoms with Crippen molar-refractivity contribution in [3.8, 4) is 44.5 Å². The van der Waals surface area contributed by atoms with Crippen LogP contribution < -0.4 is 4.90 Å². The summed E-state index contributed by atoms with van der Waals surface area (Å²) in [5.74, 6) is 0. The molecule has 9 aromatic carbocycles. The first-order valence-electron chi connectivity index (χ1n) is 21.1. The second-order valence-corrected chi connectivity index (χ2v) is 16.3. The van der Waals surface area contributed by atoms with Gasteiger partial charge < -0.3 is 4.90 Å². The molecule has 0 saturated carbocycles. The summed E-state index contributed by atoms with van der Waals surface area (Å²) < 4.78 is 0. The van der Waals surface area contributed by atoms with Gasteiger partial charge in [0.2, 0.25) is 0 Å². The molecule has 0 N–H and O–H groups in total. The second-order valence-electron chi connectivity index (χ2n) is 16.3. The van der Waals surface area contributed by atoms with Crippen LogP contribution in [0.2, 0.25) is 0 Å². The van der Waals surface area contributed by atoms with Gasteiger partial charge in [-0.15, -0.1) is 0 Å². The highest BCUT2D eigenvalue weighted by Gasteiger charge is 2.53. The summed E-state index contributed by atoms with van der Waals surface area (Å²) in [4.78, 5) is 2.45. The molecule has 60 heavy (non-hydrogen) atoms. The first kappa shape index (κ1) is 34.6. The number of hydrogen-bond acceptors (Lipinski definition) is 1. The van der Waals surface area contributed by atoms with Crippen molar-refractivity contribution in [3.05, 3.63) is 252 Å². The Bertz CT molecular complexity index is 3070. The van der Waals surface area contributed by atoms with E-state index in [1.54, 1.807) is 0 Å². The van der Waals surface area contributed by atoms with Crippen molar-refractivity contribution < 1.29 is 0 Å². The van der Waals surface area contributed by atoms with Gasteiger partial charge in [-0.25, -0.2) is 0 Å². The molecule has 0 bridgehead atoms. The van der Waals surface area contributed by atoms with Gasteiger partial charge >= 0.3 is 0 Å². The zero-order chi connectivity index (χ0) is 39.6. The van der Waals surface area contributed by atoms with Gasteiger partial charge in [-0.2, -0.15) is 0 Å². The molecule has 0 aromatic heterocycles. The lowest BCUT2D eigenvalue weighted by Crippen LogP contribution is -2.28. The largest absolute Gasteiger partial charge is 0.310 e. The predicted octanol–water partition coefficient (Wildman–Crippen LogP) is 15.7. The maximum atomic E-state index is 2.53. The predicted molar refractivity (Wildman–Crippen MR) is 252 cm³/mol. The summed E-state index contributed by atoms with van der Waals surface area (Å²) in [5, 5.41) is 2.56. The molecule has 1 heteroatoms. The lowest BCUT2D eigenvalue weighted by atomic mass is 9.67. The number of hydrogen-bond donors (Lipinski definition) is 0. The molecule has 1 spiro atoms. The van der Waals surface area contributed by atoms with Crippen LogP contribution in [-0.2, 0) is 5.41 Å². The van der Waals surface area contributed by atoms with Crippen LogP contribution in [-0.4, -0.2) is 0 Å². The fourth-order valence-corrected chi connectivity index (χ4v) is 10.4. The van der Waals surface area contributed by atoms with Crippen molar-refractivity contribution in [3.63, 3.8) is 0 Å². The van der Waals surface area contributed by atoms with Crippen molar-refractivity contribution in [1.82, 2.24) is 0 Å². The summed E-state index contributed by atoms with van der Waals surface area (Å²) in [6.45, 7) is 0. The minimum Gasteiger partial charge on any atom is -0.310 e. The molecule has 0 fully saturated rings. The second kappa shape index (κ2) is 13.8. The van der Waals surface area contributed by atoms with Crippen LogP contribution in [0.4, 0.5) is 17.1 Å². The number of rotatable bonds is 6. The van der Waals surface area contributed by atoms with Gasteiger partial charge in [-0.1, -0.05) is 170 Å².